The zero-order chi connectivity index (χ0) is 11.2. The zero-order valence-corrected chi connectivity index (χ0v) is 9.78. The first-order chi connectivity index (χ1) is 7.88. The fraction of sp³-hybridized carbons (Fsp3) is 0.667. The second-order valence-corrected chi connectivity index (χ2v) is 4.33. The van der Waals surface area contributed by atoms with E-state index in [-0.39, 0.29) is 0 Å². The predicted molar refractivity (Wildman–Crippen MR) is 63.6 cm³/mol. The van der Waals surface area contributed by atoms with E-state index in [0.29, 0.717) is 5.88 Å². The average molecular weight is 221 g/mol. The monoisotopic (exact) mass is 221 g/mol. The Balaban J connectivity index is 1.83. The molecule has 0 bridgehead atoms. The maximum absolute atomic E-state index is 5.06. The first-order valence-electron chi connectivity index (χ1n) is 5.98. The van der Waals surface area contributed by atoms with E-state index in [1.165, 1.54) is 38.4 Å². The van der Waals surface area contributed by atoms with Gasteiger partial charge < -0.3 is 10.1 Å². The third-order valence-electron chi connectivity index (χ3n) is 3.15. The Morgan fingerprint density at radius 2 is 2.12 bits per heavy atom. The van der Waals surface area contributed by atoms with Crippen molar-refractivity contribution in [2.24, 2.45) is 5.92 Å². The van der Waals surface area contributed by atoms with Gasteiger partial charge in [0.1, 0.15) is 12.1 Å². The number of hydrogen-bond donors (Lipinski definition) is 1. The van der Waals surface area contributed by atoms with Crippen LogP contribution in [0.25, 0.3) is 0 Å². The Morgan fingerprint density at radius 3 is 2.88 bits per heavy atom. The molecule has 16 heavy (non-hydrogen) atoms. The molecule has 1 fully saturated rings. The third kappa shape index (κ3) is 3.08. The quantitative estimate of drug-likeness (QED) is 0.848. The molecule has 1 aliphatic carbocycles. The number of rotatable bonds is 4. The van der Waals surface area contributed by atoms with E-state index in [2.05, 4.69) is 15.3 Å². The van der Waals surface area contributed by atoms with Crippen LogP contribution < -0.4 is 10.1 Å². The van der Waals surface area contributed by atoms with Gasteiger partial charge in [0.25, 0.3) is 0 Å². The number of nitrogens with one attached hydrogen (secondary N) is 1. The third-order valence-corrected chi connectivity index (χ3v) is 3.15. The zero-order valence-electron chi connectivity index (χ0n) is 9.78. The summed E-state index contributed by atoms with van der Waals surface area (Å²) in [6, 6.07) is 1.84. The van der Waals surface area contributed by atoms with Crippen LogP contribution in [0.4, 0.5) is 5.82 Å². The van der Waals surface area contributed by atoms with E-state index in [0.717, 1.165) is 18.3 Å². The lowest BCUT2D eigenvalue weighted by molar-refractivity contribution is 0.373. The molecule has 1 saturated carbocycles. The Bertz CT molecular complexity index is 324. The van der Waals surface area contributed by atoms with Gasteiger partial charge in [0.05, 0.1) is 7.11 Å². The van der Waals surface area contributed by atoms with Crippen molar-refractivity contribution in [3.05, 3.63) is 12.4 Å². The fourth-order valence-electron chi connectivity index (χ4n) is 2.19. The van der Waals surface area contributed by atoms with Gasteiger partial charge in [-0.15, -0.1) is 0 Å². The second kappa shape index (κ2) is 5.68. The summed E-state index contributed by atoms with van der Waals surface area (Å²) < 4.78 is 5.06. The van der Waals surface area contributed by atoms with Crippen molar-refractivity contribution in [3.8, 4) is 5.88 Å². The van der Waals surface area contributed by atoms with E-state index in [1.54, 1.807) is 7.11 Å². The highest BCUT2D eigenvalue weighted by molar-refractivity contribution is 5.36. The van der Waals surface area contributed by atoms with E-state index in [9.17, 15) is 0 Å². The van der Waals surface area contributed by atoms with Gasteiger partial charge in [-0.1, -0.05) is 19.3 Å². The van der Waals surface area contributed by atoms with Gasteiger partial charge in [0, 0.05) is 12.6 Å². The first kappa shape index (κ1) is 11.2. The molecule has 0 spiro atoms. The molecular weight excluding hydrogens is 202 g/mol. The van der Waals surface area contributed by atoms with E-state index in [1.807, 2.05) is 6.07 Å². The van der Waals surface area contributed by atoms with Crippen LogP contribution in [0.5, 0.6) is 5.88 Å². The highest BCUT2D eigenvalue weighted by Gasteiger charge is 2.13. The van der Waals surface area contributed by atoms with Crippen LogP contribution in [-0.2, 0) is 0 Å². The standard InChI is InChI=1S/C12H19N3O/c1-16-12-7-11(14-9-15-12)13-8-10-5-3-2-4-6-10/h7,9-10H,2-6,8H2,1H3,(H,13,14,15). The molecule has 1 N–H and O–H groups in total. The minimum absolute atomic E-state index is 0.612. The Morgan fingerprint density at radius 1 is 1.31 bits per heavy atom. The van der Waals surface area contributed by atoms with Crippen molar-refractivity contribution >= 4 is 5.82 Å². The number of nitrogens with zero attached hydrogens (tertiary/aromatic N) is 2. The molecule has 4 nitrogen and oxygen atoms in total. The summed E-state index contributed by atoms with van der Waals surface area (Å²) in [5.74, 6) is 2.27. The highest BCUT2D eigenvalue weighted by Crippen LogP contribution is 2.23. The van der Waals surface area contributed by atoms with Crippen molar-refractivity contribution in [1.29, 1.82) is 0 Å². The van der Waals surface area contributed by atoms with Crippen LogP contribution in [0.15, 0.2) is 12.4 Å². The number of anilines is 1. The SMILES string of the molecule is COc1cc(NCC2CCCCC2)ncn1. The number of hydrogen-bond acceptors (Lipinski definition) is 4. The number of methoxy groups -OCH3 is 1. The van der Waals surface area contributed by atoms with Crippen molar-refractivity contribution < 1.29 is 4.74 Å². The van der Waals surface area contributed by atoms with Crippen LogP contribution in [0, 0.1) is 5.92 Å². The van der Waals surface area contributed by atoms with Crippen LogP contribution in [0.3, 0.4) is 0 Å². The molecule has 0 unspecified atom stereocenters. The lowest BCUT2D eigenvalue weighted by Gasteiger charge is -2.21. The molecular formula is C12H19N3O. The van der Waals surface area contributed by atoms with E-state index < -0.39 is 0 Å². The highest BCUT2D eigenvalue weighted by atomic mass is 16.5. The lowest BCUT2D eigenvalue weighted by Crippen LogP contribution is -2.17. The van der Waals surface area contributed by atoms with Crippen molar-refractivity contribution in [1.82, 2.24) is 9.97 Å². The summed E-state index contributed by atoms with van der Waals surface area (Å²) in [5, 5.41) is 3.36. The normalized spacial score (nSPS) is 17.1. The molecule has 0 aromatic carbocycles. The fourth-order valence-corrected chi connectivity index (χ4v) is 2.19. The van der Waals surface area contributed by atoms with E-state index >= 15 is 0 Å². The smallest absolute Gasteiger partial charge is 0.218 e. The van der Waals surface area contributed by atoms with Crippen molar-refractivity contribution in [2.75, 3.05) is 19.0 Å². The first-order valence-corrected chi connectivity index (χ1v) is 5.98. The molecule has 88 valence electrons. The molecule has 0 saturated heterocycles. The topological polar surface area (TPSA) is 47.0 Å². The minimum Gasteiger partial charge on any atom is -0.481 e. The molecule has 0 aliphatic heterocycles. The summed E-state index contributed by atoms with van der Waals surface area (Å²) in [7, 11) is 1.62. The molecule has 0 amide bonds. The Labute approximate surface area is 96.4 Å². The van der Waals surface area contributed by atoms with Gasteiger partial charge >= 0.3 is 0 Å². The average Bonchev–Trinajstić information content (AvgIpc) is 2.38. The molecule has 1 aliphatic rings. The minimum atomic E-state index is 0.612. The summed E-state index contributed by atoms with van der Waals surface area (Å²) in [6.07, 6.45) is 8.36. The maximum Gasteiger partial charge on any atom is 0.218 e. The summed E-state index contributed by atoms with van der Waals surface area (Å²) in [6.45, 7) is 1.01. The molecule has 4 heteroatoms. The predicted octanol–water partition coefficient (Wildman–Crippen LogP) is 2.48. The van der Waals surface area contributed by atoms with Crippen molar-refractivity contribution in [2.45, 2.75) is 32.1 Å². The molecule has 1 aromatic rings. The van der Waals surface area contributed by atoms with Gasteiger partial charge in [0.15, 0.2) is 0 Å². The van der Waals surface area contributed by atoms with Gasteiger partial charge in [-0.3, -0.25) is 0 Å². The van der Waals surface area contributed by atoms with Crippen molar-refractivity contribution in [3.63, 3.8) is 0 Å². The Hall–Kier alpha value is -1.32. The number of ether oxygens (including phenoxy) is 1. The van der Waals surface area contributed by atoms with Crippen LogP contribution in [0.2, 0.25) is 0 Å². The van der Waals surface area contributed by atoms with Crippen LogP contribution >= 0.6 is 0 Å². The molecule has 2 rings (SSSR count). The van der Waals surface area contributed by atoms with Gasteiger partial charge in [-0.25, -0.2) is 9.97 Å². The largest absolute Gasteiger partial charge is 0.481 e. The summed E-state index contributed by atoms with van der Waals surface area (Å²) in [5.41, 5.74) is 0. The molecule has 1 aromatic heterocycles. The Kier molecular flexibility index (Phi) is 3.97. The summed E-state index contributed by atoms with van der Waals surface area (Å²) in [4.78, 5) is 8.15. The van der Waals surface area contributed by atoms with Gasteiger partial charge in [-0.2, -0.15) is 0 Å². The van der Waals surface area contributed by atoms with Gasteiger partial charge in [0.2, 0.25) is 5.88 Å². The van der Waals surface area contributed by atoms with Gasteiger partial charge in [-0.05, 0) is 18.8 Å². The molecule has 0 atom stereocenters. The second-order valence-electron chi connectivity index (χ2n) is 4.33. The molecule has 0 radical (unpaired) electrons. The maximum atomic E-state index is 5.06. The van der Waals surface area contributed by atoms with Crippen LogP contribution in [-0.4, -0.2) is 23.6 Å². The summed E-state index contributed by atoms with van der Waals surface area (Å²) >= 11 is 0. The lowest BCUT2D eigenvalue weighted by atomic mass is 9.89. The van der Waals surface area contributed by atoms with E-state index in [4.69, 9.17) is 4.74 Å². The molecule has 1 heterocycles. The van der Waals surface area contributed by atoms with Crippen LogP contribution in [0.1, 0.15) is 32.1 Å². The number of aromatic nitrogens is 2.